The van der Waals surface area contributed by atoms with Gasteiger partial charge in [-0.3, -0.25) is 4.79 Å². The summed E-state index contributed by atoms with van der Waals surface area (Å²) in [6.07, 6.45) is 3.87. The van der Waals surface area contributed by atoms with Crippen LogP contribution in [0.15, 0.2) is 47.4 Å². The van der Waals surface area contributed by atoms with E-state index in [4.69, 9.17) is 4.74 Å². The van der Waals surface area contributed by atoms with Crippen LogP contribution in [0.1, 0.15) is 47.2 Å². The standard InChI is InChI=1S/C25H33N3O4S/c1-20-6-9-22(18-24(20)33(30,31)28-12-4-2-3-5-13-28)25(29)26-19-21-7-10-23(11-8-21)27-14-16-32-17-15-27/h6-11,18H,2-5,12-17,19H2,1H3,(H,26,29). The molecular formula is C25H33N3O4S. The number of nitrogens with one attached hydrogen (secondary N) is 1. The van der Waals surface area contributed by atoms with Crippen molar-refractivity contribution in [1.82, 2.24) is 9.62 Å². The summed E-state index contributed by atoms with van der Waals surface area (Å²) in [5, 5.41) is 2.92. The van der Waals surface area contributed by atoms with E-state index in [0.29, 0.717) is 30.8 Å². The highest BCUT2D eigenvalue weighted by Gasteiger charge is 2.27. The Kier molecular flexibility index (Phi) is 7.67. The third-order valence-corrected chi connectivity index (χ3v) is 8.44. The van der Waals surface area contributed by atoms with Gasteiger partial charge in [-0.15, -0.1) is 0 Å². The van der Waals surface area contributed by atoms with E-state index in [0.717, 1.165) is 63.2 Å². The number of ether oxygens (including phenoxy) is 1. The molecular weight excluding hydrogens is 438 g/mol. The lowest BCUT2D eigenvalue weighted by molar-refractivity contribution is 0.0950. The van der Waals surface area contributed by atoms with Crippen molar-refractivity contribution in [1.29, 1.82) is 0 Å². The minimum Gasteiger partial charge on any atom is -0.378 e. The van der Waals surface area contributed by atoms with Crippen LogP contribution in [0.2, 0.25) is 0 Å². The third-order valence-electron chi connectivity index (χ3n) is 6.40. The molecule has 2 aliphatic heterocycles. The van der Waals surface area contributed by atoms with Gasteiger partial charge in [0.1, 0.15) is 0 Å². The average Bonchev–Trinajstić information content (AvgIpc) is 3.14. The average molecular weight is 472 g/mol. The van der Waals surface area contributed by atoms with Gasteiger partial charge in [0.05, 0.1) is 18.1 Å². The van der Waals surface area contributed by atoms with Crippen molar-refractivity contribution in [3.05, 3.63) is 59.2 Å². The van der Waals surface area contributed by atoms with E-state index in [1.165, 1.54) is 6.07 Å². The van der Waals surface area contributed by atoms with Crippen LogP contribution >= 0.6 is 0 Å². The quantitative estimate of drug-likeness (QED) is 0.699. The molecule has 33 heavy (non-hydrogen) atoms. The summed E-state index contributed by atoms with van der Waals surface area (Å²) in [7, 11) is -3.61. The number of carbonyl (C=O) groups excluding carboxylic acids is 1. The van der Waals surface area contributed by atoms with Crippen LogP contribution in [0.4, 0.5) is 5.69 Å². The van der Waals surface area contributed by atoms with E-state index in [9.17, 15) is 13.2 Å². The van der Waals surface area contributed by atoms with Gasteiger partial charge in [0.25, 0.3) is 5.91 Å². The first kappa shape index (κ1) is 23.7. The van der Waals surface area contributed by atoms with E-state index in [1.54, 1.807) is 23.4 Å². The highest BCUT2D eigenvalue weighted by atomic mass is 32.2. The zero-order valence-electron chi connectivity index (χ0n) is 19.3. The van der Waals surface area contributed by atoms with E-state index in [-0.39, 0.29) is 10.8 Å². The molecule has 0 radical (unpaired) electrons. The van der Waals surface area contributed by atoms with Gasteiger partial charge in [0.2, 0.25) is 10.0 Å². The van der Waals surface area contributed by atoms with Crippen molar-refractivity contribution in [2.45, 2.75) is 44.0 Å². The Labute approximate surface area is 196 Å². The fourth-order valence-electron chi connectivity index (χ4n) is 4.37. The molecule has 2 heterocycles. The maximum Gasteiger partial charge on any atom is 0.251 e. The Hall–Kier alpha value is -2.42. The van der Waals surface area contributed by atoms with Crippen LogP contribution in [0.3, 0.4) is 0 Å². The molecule has 4 rings (SSSR count). The first-order valence-electron chi connectivity index (χ1n) is 11.8. The van der Waals surface area contributed by atoms with Crippen molar-refractivity contribution in [2.24, 2.45) is 0 Å². The first-order chi connectivity index (χ1) is 15.9. The van der Waals surface area contributed by atoms with Gasteiger partial charge in [-0.05, 0) is 55.2 Å². The molecule has 178 valence electrons. The molecule has 8 heteroatoms. The monoisotopic (exact) mass is 471 g/mol. The number of sulfonamides is 1. The Balaban J connectivity index is 1.42. The maximum atomic E-state index is 13.3. The molecule has 0 aromatic heterocycles. The molecule has 0 atom stereocenters. The molecule has 2 aromatic rings. The molecule has 0 spiro atoms. The highest BCUT2D eigenvalue weighted by molar-refractivity contribution is 7.89. The SMILES string of the molecule is Cc1ccc(C(=O)NCc2ccc(N3CCOCC3)cc2)cc1S(=O)(=O)N1CCCCCC1. The van der Waals surface area contributed by atoms with Gasteiger partial charge in [-0.2, -0.15) is 4.31 Å². The van der Waals surface area contributed by atoms with E-state index >= 15 is 0 Å². The second kappa shape index (κ2) is 10.7. The second-order valence-electron chi connectivity index (χ2n) is 8.75. The van der Waals surface area contributed by atoms with Crippen molar-refractivity contribution in [3.8, 4) is 0 Å². The highest BCUT2D eigenvalue weighted by Crippen LogP contribution is 2.24. The van der Waals surface area contributed by atoms with E-state index in [1.807, 2.05) is 12.1 Å². The fourth-order valence-corrected chi connectivity index (χ4v) is 6.14. The van der Waals surface area contributed by atoms with Gasteiger partial charge in [-0.1, -0.05) is 31.0 Å². The molecule has 1 amide bonds. The molecule has 2 saturated heterocycles. The van der Waals surface area contributed by atoms with E-state index < -0.39 is 10.0 Å². The lowest BCUT2D eigenvalue weighted by Gasteiger charge is -2.28. The summed E-state index contributed by atoms with van der Waals surface area (Å²) in [5.74, 6) is -0.278. The molecule has 2 aromatic carbocycles. The number of carbonyl (C=O) groups is 1. The Bertz CT molecular complexity index is 1060. The number of benzene rings is 2. The minimum atomic E-state index is -3.61. The molecule has 0 aliphatic carbocycles. The molecule has 1 N–H and O–H groups in total. The predicted molar refractivity (Wildman–Crippen MR) is 129 cm³/mol. The lowest BCUT2D eigenvalue weighted by Crippen LogP contribution is -2.36. The van der Waals surface area contributed by atoms with Crippen LogP contribution in [0.5, 0.6) is 0 Å². The van der Waals surface area contributed by atoms with Crippen molar-refractivity contribution in [2.75, 3.05) is 44.3 Å². The Morgan fingerprint density at radius 3 is 2.27 bits per heavy atom. The number of anilines is 1. The molecule has 0 saturated carbocycles. The topological polar surface area (TPSA) is 79.0 Å². The summed E-state index contributed by atoms with van der Waals surface area (Å²) in [4.78, 5) is 15.3. The number of aryl methyl sites for hydroxylation is 1. The molecule has 0 bridgehead atoms. The zero-order valence-corrected chi connectivity index (χ0v) is 20.1. The lowest BCUT2D eigenvalue weighted by atomic mass is 10.1. The molecule has 7 nitrogen and oxygen atoms in total. The Morgan fingerprint density at radius 2 is 1.61 bits per heavy atom. The third kappa shape index (κ3) is 5.75. The number of hydrogen-bond donors (Lipinski definition) is 1. The van der Waals surface area contributed by atoms with Crippen LogP contribution in [-0.2, 0) is 21.3 Å². The van der Waals surface area contributed by atoms with Crippen molar-refractivity contribution >= 4 is 21.6 Å². The number of nitrogens with zero attached hydrogens (tertiary/aromatic N) is 2. The van der Waals surface area contributed by atoms with Gasteiger partial charge in [0, 0.05) is 44.0 Å². The van der Waals surface area contributed by atoms with Crippen molar-refractivity contribution in [3.63, 3.8) is 0 Å². The summed E-state index contributed by atoms with van der Waals surface area (Å²) < 4.78 is 33.5. The van der Waals surface area contributed by atoms with Crippen LogP contribution in [0.25, 0.3) is 0 Å². The van der Waals surface area contributed by atoms with Crippen LogP contribution in [0, 0.1) is 6.92 Å². The summed E-state index contributed by atoms with van der Waals surface area (Å²) >= 11 is 0. The summed E-state index contributed by atoms with van der Waals surface area (Å²) in [6.45, 7) is 6.48. The van der Waals surface area contributed by atoms with Gasteiger partial charge < -0.3 is 15.0 Å². The molecule has 2 fully saturated rings. The number of morpholine rings is 1. The van der Waals surface area contributed by atoms with Crippen LogP contribution < -0.4 is 10.2 Å². The summed E-state index contributed by atoms with van der Waals surface area (Å²) in [5.41, 5.74) is 3.16. The number of rotatable bonds is 6. The second-order valence-corrected chi connectivity index (χ2v) is 10.7. The number of amides is 1. The van der Waals surface area contributed by atoms with Gasteiger partial charge in [-0.25, -0.2) is 8.42 Å². The first-order valence-corrected chi connectivity index (χ1v) is 13.2. The minimum absolute atomic E-state index is 0.229. The Morgan fingerprint density at radius 1 is 0.939 bits per heavy atom. The largest absolute Gasteiger partial charge is 0.378 e. The smallest absolute Gasteiger partial charge is 0.251 e. The fraction of sp³-hybridized carbons (Fsp3) is 0.480. The maximum absolute atomic E-state index is 13.3. The number of hydrogen-bond acceptors (Lipinski definition) is 5. The van der Waals surface area contributed by atoms with Crippen LogP contribution in [-0.4, -0.2) is 58.0 Å². The van der Waals surface area contributed by atoms with Gasteiger partial charge >= 0.3 is 0 Å². The van der Waals surface area contributed by atoms with Gasteiger partial charge in [0.15, 0.2) is 0 Å². The summed E-state index contributed by atoms with van der Waals surface area (Å²) in [6, 6.07) is 13.1. The normalized spacial score (nSPS) is 18.0. The molecule has 0 unspecified atom stereocenters. The molecule has 2 aliphatic rings. The zero-order chi connectivity index (χ0) is 23.3. The van der Waals surface area contributed by atoms with Crippen molar-refractivity contribution < 1.29 is 17.9 Å². The van der Waals surface area contributed by atoms with E-state index in [2.05, 4.69) is 22.3 Å². The predicted octanol–water partition coefficient (Wildman–Crippen LogP) is 3.33.